The van der Waals surface area contributed by atoms with Crippen molar-refractivity contribution in [2.24, 2.45) is 0 Å². The molecule has 1 aromatic rings. The Kier molecular flexibility index (Phi) is 5.68. The van der Waals surface area contributed by atoms with E-state index in [1.165, 1.54) is 12.1 Å². The summed E-state index contributed by atoms with van der Waals surface area (Å²) in [4.78, 5) is 14.0. The number of hydrogen-bond donors (Lipinski definition) is 2. The van der Waals surface area contributed by atoms with Gasteiger partial charge in [0.25, 0.3) is 0 Å². The molecule has 7 heteroatoms. The number of carbonyl (C=O) groups is 1. The molecule has 0 aromatic heterocycles. The molecule has 22 heavy (non-hydrogen) atoms. The smallest absolute Gasteiger partial charge is 0.387 e. The molecule has 2 N–H and O–H groups in total. The van der Waals surface area contributed by atoms with Crippen LogP contribution in [-0.2, 0) is 4.79 Å². The normalized spacial score (nSPS) is 22.6. The summed E-state index contributed by atoms with van der Waals surface area (Å²) < 4.78 is 29.0. The van der Waals surface area contributed by atoms with Crippen molar-refractivity contribution in [3.05, 3.63) is 24.3 Å². The third-order valence-corrected chi connectivity index (χ3v) is 3.71. The van der Waals surface area contributed by atoms with Gasteiger partial charge in [0.05, 0.1) is 18.3 Å². The van der Waals surface area contributed by atoms with E-state index in [2.05, 4.69) is 10.1 Å². The lowest BCUT2D eigenvalue weighted by Crippen LogP contribution is -2.46. The number of alkyl halides is 2. The fraction of sp³-hybridized carbons (Fsp3) is 0.533. The molecule has 122 valence electrons. The van der Waals surface area contributed by atoms with E-state index in [1.54, 1.807) is 12.1 Å². The van der Waals surface area contributed by atoms with Crippen molar-refractivity contribution in [2.75, 3.05) is 18.4 Å². The van der Waals surface area contributed by atoms with Crippen LogP contribution in [0.3, 0.4) is 0 Å². The molecule has 1 heterocycles. The molecule has 1 amide bonds. The van der Waals surface area contributed by atoms with Crippen molar-refractivity contribution < 1.29 is 23.4 Å². The van der Waals surface area contributed by atoms with Crippen LogP contribution in [-0.4, -0.2) is 47.8 Å². The molecule has 0 aliphatic carbocycles. The van der Waals surface area contributed by atoms with Gasteiger partial charge in [-0.2, -0.15) is 8.78 Å². The minimum Gasteiger partial charge on any atom is -0.433 e. The van der Waals surface area contributed by atoms with Crippen molar-refractivity contribution >= 4 is 11.6 Å². The fourth-order valence-corrected chi connectivity index (χ4v) is 2.57. The van der Waals surface area contributed by atoms with E-state index < -0.39 is 6.61 Å². The van der Waals surface area contributed by atoms with Gasteiger partial charge in [-0.1, -0.05) is 12.1 Å². The number of carbonyl (C=O) groups excluding carboxylic acids is 1. The van der Waals surface area contributed by atoms with Gasteiger partial charge in [0.1, 0.15) is 5.75 Å². The fourth-order valence-electron chi connectivity index (χ4n) is 2.57. The van der Waals surface area contributed by atoms with Crippen LogP contribution in [0.5, 0.6) is 5.75 Å². The number of hydrogen-bond acceptors (Lipinski definition) is 4. The van der Waals surface area contributed by atoms with Crippen LogP contribution in [0, 0.1) is 0 Å². The summed E-state index contributed by atoms with van der Waals surface area (Å²) >= 11 is 0. The van der Waals surface area contributed by atoms with Crippen molar-refractivity contribution in [1.82, 2.24) is 4.90 Å². The molecular formula is C15H20F2N2O3. The first-order valence-corrected chi connectivity index (χ1v) is 7.21. The Morgan fingerprint density at radius 3 is 2.91 bits per heavy atom. The van der Waals surface area contributed by atoms with Gasteiger partial charge in [0.2, 0.25) is 5.91 Å². The number of rotatable bonds is 5. The molecule has 5 nitrogen and oxygen atoms in total. The first-order chi connectivity index (χ1) is 10.5. The maximum atomic E-state index is 12.3. The van der Waals surface area contributed by atoms with E-state index in [4.69, 9.17) is 0 Å². The number of amides is 1. The summed E-state index contributed by atoms with van der Waals surface area (Å²) in [5.74, 6) is -0.360. The molecule has 0 bridgehead atoms. The van der Waals surface area contributed by atoms with Gasteiger partial charge < -0.3 is 15.2 Å². The predicted molar refractivity (Wildman–Crippen MR) is 78.0 cm³/mol. The summed E-state index contributed by atoms with van der Waals surface area (Å²) in [6.45, 7) is -0.215. The van der Waals surface area contributed by atoms with Crippen molar-refractivity contribution in [3.63, 3.8) is 0 Å². The molecule has 0 radical (unpaired) electrons. The van der Waals surface area contributed by atoms with E-state index in [0.29, 0.717) is 19.4 Å². The van der Waals surface area contributed by atoms with Crippen LogP contribution in [0.25, 0.3) is 0 Å². The van der Waals surface area contributed by atoms with Gasteiger partial charge >= 0.3 is 6.61 Å². The summed E-state index contributed by atoms with van der Waals surface area (Å²) in [5, 5.41) is 12.2. The Balaban J connectivity index is 1.95. The maximum Gasteiger partial charge on any atom is 0.387 e. The molecule has 1 aromatic carbocycles. The highest BCUT2D eigenvalue weighted by atomic mass is 19.3. The van der Waals surface area contributed by atoms with E-state index in [1.807, 2.05) is 11.8 Å². The summed E-state index contributed by atoms with van der Waals surface area (Å²) in [7, 11) is 0. The second kappa shape index (κ2) is 7.51. The topological polar surface area (TPSA) is 61.8 Å². The number of para-hydroxylation sites is 2. The molecule has 2 rings (SSSR count). The van der Waals surface area contributed by atoms with Crippen LogP contribution < -0.4 is 10.1 Å². The van der Waals surface area contributed by atoms with Crippen molar-refractivity contribution in [3.8, 4) is 5.75 Å². The molecule has 0 saturated carbocycles. The molecule has 0 spiro atoms. The number of nitrogens with one attached hydrogen (secondary N) is 1. The average molecular weight is 314 g/mol. The van der Waals surface area contributed by atoms with Gasteiger partial charge in [-0.3, -0.25) is 9.69 Å². The van der Waals surface area contributed by atoms with Crippen molar-refractivity contribution in [2.45, 2.75) is 38.5 Å². The molecule has 2 unspecified atom stereocenters. The Morgan fingerprint density at radius 2 is 2.23 bits per heavy atom. The second-order valence-corrected chi connectivity index (χ2v) is 5.42. The van der Waals surface area contributed by atoms with Gasteiger partial charge in [-0.05, 0) is 31.9 Å². The van der Waals surface area contributed by atoms with Gasteiger partial charge in [-0.15, -0.1) is 0 Å². The molecule has 1 aliphatic heterocycles. The van der Waals surface area contributed by atoms with Crippen LogP contribution >= 0.6 is 0 Å². The second-order valence-electron chi connectivity index (χ2n) is 5.42. The lowest BCUT2D eigenvalue weighted by atomic mass is 10.0. The molecule has 1 aliphatic rings. The maximum absolute atomic E-state index is 12.3. The van der Waals surface area contributed by atoms with Gasteiger partial charge in [0, 0.05) is 12.6 Å². The number of anilines is 1. The summed E-state index contributed by atoms with van der Waals surface area (Å²) in [6, 6.07) is 6.18. The van der Waals surface area contributed by atoms with E-state index in [0.717, 1.165) is 0 Å². The summed E-state index contributed by atoms with van der Waals surface area (Å²) in [5.41, 5.74) is 0.220. The molecular weight excluding hydrogens is 294 g/mol. The monoisotopic (exact) mass is 314 g/mol. The SMILES string of the molecule is CC1CC(O)CCN1CC(=O)Nc1ccccc1OC(F)F. The van der Waals surface area contributed by atoms with Crippen molar-refractivity contribution in [1.29, 1.82) is 0 Å². The minimum absolute atomic E-state index is 0.0621. The Morgan fingerprint density at radius 1 is 1.50 bits per heavy atom. The Labute approximate surface area is 127 Å². The summed E-state index contributed by atoms with van der Waals surface area (Å²) in [6.07, 6.45) is 0.926. The lowest BCUT2D eigenvalue weighted by Gasteiger charge is -2.35. The first-order valence-electron chi connectivity index (χ1n) is 7.21. The van der Waals surface area contributed by atoms with E-state index >= 15 is 0 Å². The van der Waals surface area contributed by atoms with Gasteiger partial charge in [-0.25, -0.2) is 0 Å². The molecule has 1 saturated heterocycles. The lowest BCUT2D eigenvalue weighted by molar-refractivity contribution is -0.118. The number of aliphatic hydroxyl groups is 1. The third kappa shape index (κ3) is 4.64. The Bertz CT molecular complexity index is 513. The van der Waals surface area contributed by atoms with Gasteiger partial charge in [0.15, 0.2) is 0 Å². The Hall–Kier alpha value is -1.73. The quantitative estimate of drug-likeness (QED) is 0.873. The first kappa shape index (κ1) is 16.6. The number of benzene rings is 1. The number of nitrogens with zero attached hydrogens (tertiary/aromatic N) is 1. The number of likely N-dealkylation sites (tertiary alicyclic amines) is 1. The van der Waals surface area contributed by atoms with E-state index in [9.17, 15) is 18.7 Å². The third-order valence-electron chi connectivity index (χ3n) is 3.71. The average Bonchev–Trinajstić information content (AvgIpc) is 2.43. The molecule has 1 fully saturated rings. The van der Waals surface area contributed by atoms with Crippen LogP contribution in [0.2, 0.25) is 0 Å². The minimum atomic E-state index is -2.94. The largest absolute Gasteiger partial charge is 0.433 e. The highest BCUT2D eigenvalue weighted by Crippen LogP contribution is 2.25. The molecule has 2 atom stereocenters. The zero-order chi connectivity index (χ0) is 16.1. The van der Waals surface area contributed by atoms with Crippen LogP contribution in [0.15, 0.2) is 24.3 Å². The number of halogens is 2. The zero-order valence-corrected chi connectivity index (χ0v) is 12.3. The standard InChI is InChI=1S/C15H20F2N2O3/c1-10-8-11(20)6-7-19(10)9-14(21)18-12-4-2-3-5-13(12)22-15(16)17/h2-5,10-11,15,20H,6-9H2,1H3,(H,18,21). The number of piperidine rings is 1. The van der Waals surface area contributed by atoms with E-state index in [-0.39, 0.29) is 36.0 Å². The highest BCUT2D eigenvalue weighted by molar-refractivity contribution is 5.93. The number of ether oxygens (including phenoxy) is 1. The zero-order valence-electron chi connectivity index (χ0n) is 12.3. The number of aliphatic hydroxyl groups excluding tert-OH is 1. The van der Waals surface area contributed by atoms with Crippen LogP contribution in [0.1, 0.15) is 19.8 Å². The predicted octanol–water partition coefficient (Wildman–Crippen LogP) is 2.07. The van der Waals surface area contributed by atoms with Crippen LogP contribution in [0.4, 0.5) is 14.5 Å². The highest BCUT2D eigenvalue weighted by Gasteiger charge is 2.25.